The third-order valence-electron chi connectivity index (χ3n) is 3.23. The van der Waals surface area contributed by atoms with Crippen LogP contribution in [-0.4, -0.2) is 11.5 Å². The number of benzene rings is 1. The van der Waals surface area contributed by atoms with Crippen molar-refractivity contribution in [2.75, 3.05) is 6.54 Å². The van der Waals surface area contributed by atoms with Gasteiger partial charge in [-0.2, -0.15) is 0 Å². The summed E-state index contributed by atoms with van der Waals surface area (Å²) in [5.74, 6) is 0. The summed E-state index contributed by atoms with van der Waals surface area (Å²) in [4.78, 5) is 6.22. The Hall–Kier alpha value is -1.19. The fraction of sp³-hybridized carbons (Fsp3) is 0.357. The Kier molecular flexibility index (Phi) is 2.95. The zero-order valence-electron chi connectivity index (χ0n) is 9.99. The summed E-state index contributed by atoms with van der Waals surface area (Å²) in [6, 6.07) is 8.61. The third-order valence-corrected chi connectivity index (χ3v) is 4.36. The molecule has 0 saturated carbocycles. The molecule has 1 aromatic carbocycles. The molecule has 0 fully saturated rings. The fourth-order valence-corrected chi connectivity index (χ4v) is 3.42. The van der Waals surface area contributed by atoms with E-state index in [1.165, 1.54) is 26.7 Å². The molecule has 2 nitrogen and oxygen atoms in total. The molecule has 1 N–H and O–H groups in total. The van der Waals surface area contributed by atoms with Crippen molar-refractivity contribution in [3.05, 3.63) is 40.4 Å². The quantitative estimate of drug-likeness (QED) is 0.878. The number of nitrogens with zero attached hydrogens (tertiary/aromatic N) is 1. The molecule has 0 unspecified atom stereocenters. The second-order valence-corrected chi connectivity index (χ2v) is 5.41. The minimum Gasteiger partial charge on any atom is -0.311 e. The summed E-state index contributed by atoms with van der Waals surface area (Å²) >= 11 is 1.84. The number of aryl methyl sites for hydroxylation is 1. The van der Waals surface area contributed by atoms with Gasteiger partial charge in [0.15, 0.2) is 0 Å². The van der Waals surface area contributed by atoms with Gasteiger partial charge in [0.2, 0.25) is 0 Å². The van der Waals surface area contributed by atoms with Crippen LogP contribution < -0.4 is 5.32 Å². The van der Waals surface area contributed by atoms with Gasteiger partial charge in [-0.15, -0.1) is 11.3 Å². The van der Waals surface area contributed by atoms with Gasteiger partial charge in [0, 0.05) is 30.0 Å². The Morgan fingerprint density at radius 3 is 3.06 bits per heavy atom. The van der Waals surface area contributed by atoms with E-state index in [0.717, 1.165) is 25.9 Å². The Labute approximate surface area is 106 Å². The summed E-state index contributed by atoms with van der Waals surface area (Å²) in [5, 5.41) is 4.60. The Balaban J connectivity index is 2.06. The molecule has 1 aliphatic heterocycles. The highest BCUT2D eigenvalue weighted by atomic mass is 32.1. The lowest BCUT2D eigenvalue weighted by molar-refractivity contribution is 0.644. The Morgan fingerprint density at radius 1 is 1.35 bits per heavy atom. The van der Waals surface area contributed by atoms with Gasteiger partial charge in [-0.25, -0.2) is 4.98 Å². The van der Waals surface area contributed by atoms with Crippen LogP contribution >= 0.6 is 11.3 Å². The van der Waals surface area contributed by atoms with E-state index in [0.29, 0.717) is 0 Å². The first-order valence-corrected chi connectivity index (χ1v) is 6.97. The molecule has 0 aliphatic carbocycles. The maximum atomic E-state index is 4.81. The lowest BCUT2D eigenvalue weighted by Crippen LogP contribution is -2.22. The zero-order chi connectivity index (χ0) is 11.7. The van der Waals surface area contributed by atoms with Crippen molar-refractivity contribution in [3.63, 3.8) is 0 Å². The normalized spacial score (nSPS) is 14.6. The summed E-state index contributed by atoms with van der Waals surface area (Å²) in [5.41, 5.74) is 4.01. The van der Waals surface area contributed by atoms with E-state index in [-0.39, 0.29) is 0 Å². The monoisotopic (exact) mass is 244 g/mol. The predicted octanol–water partition coefficient (Wildman–Crippen LogP) is 3.02. The number of hydrogen-bond acceptors (Lipinski definition) is 3. The first-order valence-electron chi connectivity index (χ1n) is 6.16. The molecule has 2 heterocycles. The van der Waals surface area contributed by atoms with Crippen molar-refractivity contribution in [1.82, 2.24) is 10.3 Å². The fourth-order valence-electron chi connectivity index (χ4n) is 2.28. The van der Waals surface area contributed by atoms with Crippen LogP contribution in [0.1, 0.15) is 23.1 Å². The molecule has 88 valence electrons. The molecule has 0 radical (unpaired) electrons. The molecular weight excluding hydrogens is 228 g/mol. The van der Waals surface area contributed by atoms with E-state index in [2.05, 4.69) is 36.5 Å². The smallest absolute Gasteiger partial charge is 0.124 e. The van der Waals surface area contributed by atoms with Gasteiger partial charge in [0.25, 0.3) is 0 Å². The van der Waals surface area contributed by atoms with E-state index in [4.69, 9.17) is 4.98 Å². The van der Waals surface area contributed by atoms with Crippen molar-refractivity contribution in [1.29, 1.82) is 0 Å². The topological polar surface area (TPSA) is 24.9 Å². The van der Waals surface area contributed by atoms with Crippen molar-refractivity contribution in [2.45, 2.75) is 26.3 Å². The molecule has 0 saturated heterocycles. The second kappa shape index (κ2) is 4.59. The highest BCUT2D eigenvalue weighted by molar-refractivity contribution is 7.15. The molecular formula is C14H16N2S. The van der Waals surface area contributed by atoms with Crippen LogP contribution in [0.2, 0.25) is 0 Å². The second-order valence-electron chi connectivity index (χ2n) is 4.33. The van der Waals surface area contributed by atoms with E-state index >= 15 is 0 Å². The third kappa shape index (κ3) is 2.01. The van der Waals surface area contributed by atoms with Gasteiger partial charge in [-0.3, -0.25) is 0 Å². The number of nitrogens with one attached hydrogen (secondary N) is 1. The highest BCUT2D eigenvalue weighted by Crippen LogP contribution is 2.31. The van der Waals surface area contributed by atoms with Crippen LogP contribution in [0.15, 0.2) is 24.3 Å². The van der Waals surface area contributed by atoms with Gasteiger partial charge >= 0.3 is 0 Å². The molecule has 0 amide bonds. The Bertz CT molecular complexity index is 507. The summed E-state index contributed by atoms with van der Waals surface area (Å²) < 4.78 is 0. The Morgan fingerprint density at radius 2 is 2.24 bits per heavy atom. The average Bonchev–Trinajstić information content (AvgIpc) is 2.82. The predicted molar refractivity (Wildman–Crippen MR) is 72.3 cm³/mol. The molecule has 1 aliphatic rings. The maximum Gasteiger partial charge on any atom is 0.124 e. The lowest BCUT2D eigenvalue weighted by atomic mass is 10.1. The van der Waals surface area contributed by atoms with Gasteiger partial charge in [0.1, 0.15) is 5.01 Å². The van der Waals surface area contributed by atoms with Crippen molar-refractivity contribution in [3.8, 4) is 10.6 Å². The number of thiazole rings is 1. The first-order chi connectivity index (χ1) is 8.38. The molecule has 17 heavy (non-hydrogen) atoms. The van der Waals surface area contributed by atoms with Crippen LogP contribution in [0, 0.1) is 0 Å². The number of rotatable bonds is 2. The largest absolute Gasteiger partial charge is 0.311 e. The van der Waals surface area contributed by atoms with Gasteiger partial charge in [0.05, 0.1) is 5.69 Å². The van der Waals surface area contributed by atoms with Crippen LogP contribution in [-0.2, 0) is 19.4 Å². The van der Waals surface area contributed by atoms with Gasteiger partial charge < -0.3 is 5.32 Å². The molecule has 0 bridgehead atoms. The number of fused-ring (bicyclic) bond motifs is 1. The molecule has 0 spiro atoms. The first kappa shape index (κ1) is 10.9. The summed E-state index contributed by atoms with van der Waals surface area (Å²) in [6.45, 7) is 4.25. The van der Waals surface area contributed by atoms with Gasteiger partial charge in [-0.1, -0.05) is 31.2 Å². The standard InChI is InChI=1S/C14H16N2S/c1-2-10-5-3-4-6-11(10)14-16-12-7-8-15-9-13(12)17-14/h3-6,15H,2,7-9H2,1H3. The molecule has 3 rings (SSSR count). The van der Waals surface area contributed by atoms with E-state index in [1.54, 1.807) is 0 Å². The van der Waals surface area contributed by atoms with E-state index in [9.17, 15) is 0 Å². The molecule has 3 heteroatoms. The lowest BCUT2D eigenvalue weighted by Gasteiger charge is -2.09. The van der Waals surface area contributed by atoms with E-state index < -0.39 is 0 Å². The van der Waals surface area contributed by atoms with Crippen LogP contribution in [0.3, 0.4) is 0 Å². The average molecular weight is 244 g/mol. The van der Waals surface area contributed by atoms with Crippen molar-refractivity contribution >= 4 is 11.3 Å². The SMILES string of the molecule is CCc1ccccc1-c1nc2c(s1)CNCC2. The molecule has 1 aromatic heterocycles. The number of hydrogen-bond donors (Lipinski definition) is 1. The van der Waals surface area contributed by atoms with E-state index in [1.807, 2.05) is 11.3 Å². The summed E-state index contributed by atoms with van der Waals surface area (Å²) in [7, 11) is 0. The van der Waals surface area contributed by atoms with Crippen LogP contribution in [0.25, 0.3) is 10.6 Å². The summed E-state index contributed by atoms with van der Waals surface area (Å²) in [6.07, 6.45) is 2.14. The zero-order valence-corrected chi connectivity index (χ0v) is 10.8. The molecule has 0 atom stereocenters. The minimum atomic E-state index is 0.987. The maximum absolute atomic E-state index is 4.81. The van der Waals surface area contributed by atoms with Crippen LogP contribution in [0.4, 0.5) is 0 Å². The van der Waals surface area contributed by atoms with Crippen LogP contribution in [0.5, 0.6) is 0 Å². The number of aromatic nitrogens is 1. The van der Waals surface area contributed by atoms with Crippen molar-refractivity contribution in [2.24, 2.45) is 0 Å². The highest BCUT2D eigenvalue weighted by Gasteiger charge is 2.16. The molecule has 2 aromatic rings. The van der Waals surface area contributed by atoms with Crippen molar-refractivity contribution < 1.29 is 0 Å². The minimum absolute atomic E-state index is 0.987. The van der Waals surface area contributed by atoms with Gasteiger partial charge in [-0.05, 0) is 12.0 Å².